The van der Waals surface area contributed by atoms with Crippen LogP contribution in [0.5, 0.6) is 0 Å². The fourth-order valence-electron chi connectivity index (χ4n) is 2.97. The minimum absolute atomic E-state index is 0.261. The molecule has 1 saturated carbocycles. The Morgan fingerprint density at radius 3 is 2.30 bits per heavy atom. The molecule has 2 rings (SSSR count). The van der Waals surface area contributed by atoms with Crippen molar-refractivity contribution in [1.29, 1.82) is 0 Å². The summed E-state index contributed by atoms with van der Waals surface area (Å²) in [6, 6.07) is 3.53. The van der Waals surface area contributed by atoms with Crippen molar-refractivity contribution in [3.63, 3.8) is 0 Å². The molecule has 1 aromatic rings. The van der Waals surface area contributed by atoms with Crippen LogP contribution < -0.4 is 5.32 Å². The van der Waals surface area contributed by atoms with Crippen molar-refractivity contribution in [2.75, 3.05) is 20.6 Å². The second-order valence-electron chi connectivity index (χ2n) is 5.75. The summed E-state index contributed by atoms with van der Waals surface area (Å²) >= 11 is 18.5. The third-order valence-corrected chi connectivity index (χ3v) is 5.58. The van der Waals surface area contributed by atoms with Gasteiger partial charge in [-0.3, -0.25) is 0 Å². The van der Waals surface area contributed by atoms with Crippen LogP contribution in [0.1, 0.15) is 31.2 Å². The van der Waals surface area contributed by atoms with Gasteiger partial charge in [-0.15, -0.1) is 0 Å². The second-order valence-corrected chi connectivity index (χ2v) is 6.94. The lowest BCUT2D eigenvalue weighted by molar-refractivity contribution is 0.153. The summed E-state index contributed by atoms with van der Waals surface area (Å²) in [7, 11) is 4.32. The summed E-state index contributed by atoms with van der Waals surface area (Å²) in [4.78, 5) is 2.34. The van der Waals surface area contributed by atoms with Gasteiger partial charge in [-0.05, 0) is 39.1 Å². The highest BCUT2D eigenvalue weighted by Crippen LogP contribution is 2.34. The first-order valence-corrected chi connectivity index (χ1v) is 8.10. The van der Waals surface area contributed by atoms with Crippen molar-refractivity contribution in [1.82, 2.24) is 10.2 Å². The predicted molar refractivity (Wildman–Crippen MR) is 88.1 cm³/mol. The lowest BCUT2D eigenvalue weighted by Crippen LogP contribution is -2.49. The van der Waals surface area contributed by atoms with E-state index < -0.39 is 0 Å². The minimum atomic E-state index is 0.261. The van der Waals surface area contributed by atoms with Crippen molar-refractivity contribution < 1.29 is 0 Å². The molecule has 0 spiro atoms. The van der Waals surface area contributed by atoms with Gasteiger partial charge in [0, 0.05) is 29.2 Å². The fraction of sp³-hybridized carbons (Fsp3) is 0.600. The monoisotopic (exact) mass is 334 g/mol. The average Bonchev–Trinajstić information content (AvgIpc) is 2.88. The standard InChI is InChI=1S/C15H21Cl3N2/c1-20(2)15(7-3-4-8-15)10-19-9-11-12(16)5-6-13(17)14(11)18/h5-6,19H,3-4,7-10H2,1-2H3. The van der Waals surface area contributed by atoms with E-state index >= 15 is 0 Å². The molecule has 1 aliphatic rings. The molecule has 20 heavy (non-hydrogen) atoms. The lowest BCUT2D eigenvalue weighted by atomic mass is 9.96. The Hall–Kier alpha value is 0.01000. The number of halogens is 3. The molecule has 0 atom stereocenters. The Morgan fingerprint density at radius 2 is 1.70 bits per heavy atom. The summed E-state index contributed by atoms with van der Waals surface area (Å²) in [6.07, 6.45) is 5.09. The molecule has 0 saturated heterocycles. The third kappa shape index (κ3) is 3.42. The number of hydrogen-bond donors (Lipinski definition) is 1. The van der Waals surface area contributed by atoms with Crippen LogP contribution in [0.15, 0.2) is 12.1 Å². The third-order valence-electron chi connectivity index (χ3n) is 4.38. The molecule has 1 fully saturated rings. The number of nitrogens with zero attached hydrogens (tertiary/aromatic N) is 1. The molecule has 0 bridgehead atoms. The molecule has 0 aliphatic heterocycles. The maximum absolute atomic E-state index is 6.22. The molecule has 2 nitrogen and oxygen atoms in total. The van der Waals surface area contributed by atoms with Crippen LogP contribution in [0.25, 0.3) is 0 Å². The van der Waals surface area contributed by atoms with E-state index in [4.69, 9.17) is 34.8 Å². The van der Waals surface area contributed by atoms with E-state index in [2.05, 4.69) is 24.3 Å². The highest BCUT2D eigenvalue weighted by molar-refractivity contribution is 6.44. The van der Waals surface area contributed by atoms with Gasteiger partial charge in [-0.2, -0.15) is 0 Å². The fourth-order valence-corrected chi connectivity index (χ4v) is 3.65. The number of likely N-dealkylation sites (N-methyl/N-ethyl adjacent to an activating group) is 1. The number of rotatable bonds is 5. The second kappa shape index (κ2) is 6.85. The van der Waals surface area contributed by atoms with Crippen LogP contribution in [-0.2, 0) is 6.54 Å². The summed E-state index contributed by atoms with van der Waals surface area (Å²) in [6.45, 7) is 1.59. The van der Waals surface area contributed by atoms with E-state index in [1.807, 2.05) is 0 Å². The van der Waals surface area contributed by atoms with Gasteiger partial charge in [0.25, 0.3) is 0 Å². The Kier molecular flexibility index (Phi) is 5.61. The number of nitrogens with one attached hydrogen (secondary N) is 1. The Labute approximate surface area is 136 Å². The molecule has 0 aromatic heterocycles. The molecule has 0 heterocycles. The molecule has 5 heteroatoms. The molecular formula is C15H21Cl3N2. The van der Waals surface area contributed by atoms with E-state index in [0.29, 0.717) is 21.6 Å². The molecule has 0 radical (unpaired) electrons. The largest absolute Gasteiger partial charge is 0.311 e. The van der Waals surface area contributed by atoms with Crippen LogP contribution in [0.3, 0.4) is 0 Å². The average molecular weight is 336 g/mol. The lowest BCUT2D eigenvalue weighted by Gasteiger charge is -2.36. The van der Waals surface area contributed by atoms with Crippen molar-refractivity contribution in [2.45, 2.75) is 37.8 Å². The van der Waals surface area contributed by atoms with E-state index in [9.17, 15) is 0 Å². The Bertz CT molecular complexity index is 468. The molecule has 1 N–H and O–H groups in total. The highest BCUT2D eigenvalue weighted by atomic mass is 35.5. The van der Waals surface area contributed by atoms with Crippen molar-refractivity contribution in [3.05, 3.63) is 32.8 Å². The normalized spacial score (nSPS) is 17.9. The zero-order chi connectivity index (χ0) is 14.8. The predicted octanol–water partition coefficient (Wildman–Crippen LogP) is 4.61. The summed E-state index contributed by atoms with van der Waals surface area (Å²) in [5.74, 6) is 0. The molecular weight excluding hydrogens is 315 g/mol. The van der Waals surface area contributed by atoms with E-state index in [1.54, 1.807) is 12.1 Å². The van der Waals surface area contributed by atoms with Crippen LogP contribution in [0.2, 0.25) is 15.1 Å². The smallest absolute Gasteiger partial charge is 0.0652 e. The molecule has 1 aromatic carbocycles. The van der Waals surface area contributed by atoms with Gasteiger partial charge in [0.2, 0.25) is 0 Å². The SMILES string of the molecule is CN(C)C1(CNCc2c(Cl)ccc(Cl)c2Cl)CCCC1. The molecule has 112 valence electrons. The Morgan fingerprint density at radius 1 is 1.10 bits per heavy atom. The molecule has 0 amide bonds. The summed E-state index contributed by atoms with van der Waals surface area (Å²) in [5, 5.41) is 5.27. The van der Waals surface area contributed by atoms with Gasteiger partial charge in [0.1, 0.15) is 0 Å². The van der Waals surface area contributed by atoms with Crippen LogP contribution in [0, 0.1) is 0 Å². The van der Waals surface area contributed by atoms with Gasteiger partial charge in [0.15, 0.2) is 0 Å². The van der Waals surface area contributed by atoms with Gasteiger partial charge >= 0.3 is 0 Å². The van der Waals surface area contributed by atoms with E-state index in [-0.39, 0.29) is 5.54 Å². The minimum Gasteiger partial charge on any atom is -0.311 e. The maximum Gasteiger partial charge on any atom is 0.0652 e. The van der Waals surface area contributed by atoms with E-state index in [1.165, 1.54) is 25.7 Å². The first kappa shape index (κ1) is 16.4. The van der Waals surface area contributed by atoms with E-state index in [0.717, 1.165) is 12.1 Å². The van der Waals surface area contributed by atoms with Gasteiger partial charge in [0.05, 0.1) is 10.0 Å². The molecule has 0 unspecified atom stereocenters. The first-order valence-electron chi connectivity index (χ1n) is 6.97. The zero-order valence-electron chi connectivity index (χ0n) is 12.0. The van der Waals surface area contributed by atoms with Gasteiger partial charge < -0.3 is 10.2 Å². The van der Waals surface area contributed by atoms with Crippen LogP contribution in [0.4, 0.5) is 0 Å². The number of benzene rings is 1. The van der Waals surface area contributed by atoms with Crippen molar-refractivity contribution in [3.8, 4) is 0 Å². The highest BCUT2D eigenvalue weighted by Gasteiger charge is 2.35. The molecule has 1 aliphatic carbocycles. The van der Waals surface area contributed by atoms with Gasteiger partial charge in [-0.1, -0.05) is 47.6 Å². The van der Waals surface area contributed by atoms with Gasteiger partial charge in [-0.25, -0.2) is 0 Å². The van der Waals surface area contributed by atoms with Crippen LogP contribution >= 0.6 is 34.8 Å². The Balaban J connectivity index is 2.01. The quantitative estimate of drug-likeness (QED) is 0.790. The first-order chi connectivity index (χ1) is 9.46. The van der Waals surface area contributed by atoms with Crippen LogP contribution in [-0.4, -0.2) is 31.1 Å². The maximum atomic E-state index is 6.22. The van der Waals surface area contributed by atoms with Crippen molar-refractivity contribution in [2.24, 2.45) is 0 Å². The van der Waals surface area contributed by atoms with Crippen molar-refractivity contribution >= 4 is 34.8 Å². The summed E-state index contributed by atoms with van der Waals surface area (Å²) < 4.78 is 0. The number of hydrogen-bond acceptors (Lipinski definition) is 2. The summed E-state index contributed by atoms with van der Waals surface area (Å²) in [5.41, 5.74) is 1.14. The zero-order valence-corrected chi connectivity index (χ0v) is 14.2. The topological polar surface area (TPSA) is 15.3 Å².